The van der Waals surface area contributed by atoms with Crippen LogP contribution in [0.1, 0.15) is 76.5 Å². The number of anilines is 1. The van der Waals surface area contributed by atoms with Gasteiger partial charge in [-0.15, -0.1) is 0 Å². The van der Waals surface area contributed by atoms with Crippen LogP contribution in [0.5, 0.6) is 5.75 Å². The van der Waals surface area contributed by atoms with Crippen LogP contribution in [0.15, 0.2) is 23.0 Å². The van der Waals surface area contributed by atoms with E-state index in [9.17, 15) is 39.6 Å². The number of primary amides is 1. The zero-order valence-corrected chi connectivity index (χ0v) is 25.2. The van der Waals surface area contributed by atoms with Crippen molar-refractivity contribution in [2.24, 2.45) is 23.0 Å². The Morgan fingerprint density at radius 1 is 1.17 bits per heavy atom. The number of likely N-dealkylation sites (N-methyl/N-ethyl adjacent to an activating group) is 1. The van der Waals surface area contributed by atoms with E-state index in [-0.39, 0.29) is 53.3 Å². The van der Waals surface area contributed by atoms with Gasteiger partial charge in [0.25, 0.3) is 5.91 Å². The van der Waals surface area contributed by atoms with Crippen molar-refractivity contribution in [3.63, 3.8) is 0 Å². The van der Waals surface area contributed by atoms with Crippen molar-refractivity contribution in [3.05, 3.63) is 39.7 Å². The summed E-state index contributed by atoms with van der Waals surface area (Å²) >= 11 is 0. The molecule has 42 heavy (non-hydrogen) atoms. The van der Waals surface area contributed by atoms with Crippen LogP contribution in [-0.4, -0.2) is 74.4 Å². The summed E-state index contributed by atoms with van der Waals surface area (Å²) in [7, 11) is 3.11. The molecule has 0 bridgehead atoms. The zero-order chi connectivity index (χ0) is 31.6. The first kappa shape index (κ1) is 31.2. The normalized spacial score (nSPS) is 25.9. The molecule has 2 amide bonds. The number of nitrogens with one attached hydrogen (secondary N) is 1. The third-order valence-corrected chi connectivity index (χ3v) is 8.75. The van der Waals surface area contributed by atoms with E-state index in [1.807, 2.05) is 34.6 Å². The van der Waals surface area contributed by atoms with Crippen molar-refractivity contribution >= 4 is 34.8 Å². The second-order valence-electron chi connectivity index (χ2n) is 13.4. The summed E-state index contributed by atoms with van der Waals surface area (Å²) in [4.78, 5) is 53.7. The maximum Gasteiger partial charge on any atom is 0.255 e. The molecule has 0 unspecified atom stereocenters. The van der Waals surface area contributed by atoms with Gasteiger partial charge in [-0.3, -0.25) is 24.1 Å². The molecule has 1 saturated carbocycles. The van der Waals surface area contributed by atoms with Crippen LogP contribution in [-0.2, 0) is 25.6 Å². The van der Waals surface area contributed by atoms with Crippen LogP contribution in [0.3, 0.4) is 0 Å². The molecule has 228 valence electrons. The molecule has 3 aliphatic carbocycles. The Morgan fingerprint density at radius 3 is 2.31 bits per heavy atom. The van der Waals surface area contributed by atoms with Gasteiger partial charge in [-0.2, -0.15) is 0 Å². The number of phenolic OH excluding ortho intramolecular Hbond substituents is 1. The number of hydrogen-bond donors (Lipinski definition) is 6. The lowest BCUT2D eigenvalue weighted by Crippen LogP contribution is -2.65. The summed E-state index contributed by atoms with van der Waals surface area (Å²) in [6.45, 7) is 9.88. The molecule has 0 aliphatic heterocycles. The lowest BCUT2D eigenvalue weighted by molar-refractivity contribution is -0.153. The highest BCUT2D eigenvalue weighted by Gasteiger charge is 2.64. The molecule has 0 saturated heterocycles. The summed E-state index contributed by atoms with van der Waals surface area (Å²) in [6, 6.07) is 0.527. The monoisotopic (exact) mass is 583 g/mol. The minimum Gasteiger partial charge on any atom is -0.508 e. The Bertz CT molecular complexity index is 1450. The standard InChI is InChI=1S/C31H41N3O8/c1-13(2)15-12-18(33-19(35)8-9-30(3,4)5)24(36)21-16(15)10-14-11-17-23(34(6)7)26(38)22(29(32)41)28(40)31(17,42)27(39)20(14)25(21)37/h12-14,17,23,36-37,40,42H,8-11H2,1-7H3,(H2,32,41)(H,33,35)/t14-,17-,23-,31-/m0/s1. The molecule has 0 heterocycles. The van der Waals surface area contributed by atoms with Gasteiger partial charge in [-0.1, -0.05) is 34.6 Å². The number of fused-ring (bicyclic) bond motifs is 3. The Hall–Kier alpha value is -3.70. The number of nitrogens with two attached hydrogens (primary N) is 1. The van der Waals surface area contributed by atoms with E-state index in [4.69, 9.17) is 5.73 Å². The number of amides is 2. The molecule has 0 aromatic heterocycles. The van der Waals surface area contributed by atoms with Crippen LogP contribution in [0.4, 0.5) is 5.69 Å². The minimum absolute atomic E-state index is 0.00928. The number of aromatic hydroxyl groups is 1. The van der Waals surface area contributed by atoms with Crippen molar-refractivity contribution < 1.29 is 39.6 Å². The van der Waals surface area contributed by atoms with Gasteiger partial charge in [0.05, 0.1) is 17.3 Å². The summed E-state index contributed by atoms with van der Waals surface area (Å²) < 4.78 is 0. The fourth-order valence-electron chi connectivity index (χ4n) is 6.65. The number of ketones is 2. The first-order valence-electron chi connectivity index (χ1n) is 14.2. The summed E-state index contributed by atoms with van der Waals surface area (Å²) in [6.07, 6.45) is 1.01. The maximum atomic E-state index is 14.1. The van der Waals surface area contributed by atoms with E-state index in [2.05, 4.69) is 5.32 Å². The van der Waals surface area contributed by atoms with E-state index in [1.165, 1.54) is 4.90 Å². The molecular formula is C31H41N3O8. The second-order valence-corrected chi connectivity index (χ2v) is 13.4. The third kappa shape index (κ3) is 4.88. The molecule has 1 aromatic rings. The summed E-state index contributed by atoms with van der Waals surface area (Å²) in [5, 5.41) is 48.4. The molecule has 4 rings (SSSR count). The number of benzene rings is 1. The number of Topliss-reactive ketones (excluding diaryl/α,β-unsaturated/α-hetero) is 2. The number of aliphatic hydroxyl groups is 3. The molecule has 11 heteroatoms. The van der Waals surface area contributed by atoms with Crippen molar-refractivity contribution in [1.29, 1.82) is 0 Å². The third-order valence-electron chi connectivity index (χ3n) is 8.75. The van der Waals surface area contributed by atoms with Crippen molar-refractivity contribution in [2.75, 3.05) is 19.4 Å². The highest BCUT2D eigenvalue weighted by Crippen LogP contribution is 2.54. The van der Waals surface area contributed by atoms with Gasteiger partial charge in [0.15, 0.2) is 11.4 Å². The molecular weight excluding hydrogens is 542 g/mol. The fourth-order valence-corrected chi connectivity index (χ4v) is 6.65. The van der Waals surface area contributed by atoms with Crippen LogP contribution >= 0.6 is 0 Å². The van der Waals surface area contributed by atoms with Crippen molar-refractivity contribution in [1.82, 2.24) is 4.90 Å². The summed E-state index contributed by atoms with van der Waals surface area (Å²) in [5.41, 5.74) is 2.86. The topological polar surface area (TPSA) is 190 Å². The second kappa shape index (κ2) is 10.5. The maximum absolute atomic E-state index is 14.1. The van der Waals surface area contributed by atoms with Gasteiger partial charge in [-0.05, 0) is 67.8 Å². The van der Waals surface area contributed by atoms with E-state index in [1.54, 1.807) is 20.2 Å². The average molecular weight is 584 g/mol. The Kier molecular flexibility index (Phi) is 7.84. The number of nitrogens with zero attached hydrogens (tertiary/aromatic N) is 1. The van der Waals surface area contributed by atoms with Gasteiger partial charge in [-0.25, -0.2) is 0 Å². The zero-order valence-electron chi connectivity index (χ0n) is 25.2. The number of hydrogen-bond acceptors (Lipinski definition) is 9. The highest BCUT2D eigenvalue weighted by atomic mass is 16.3. The average Bonchev–Trinajstić information content (AvgIpc) is 2.85. The Balaban J connectivity index is 1.89. The van der Waals surface area contributed by atoms with Gasteiger partial charge < -0.3 is 31.5 Å². The largest absolute Gasteiger partial charge is 0.508 e. The number of rotatable bonds is 6. The lowest BCUT2D eigenvalue weighted by atomic mass is 9.57. The number of aliphatic hydroxyl groups excluding tert-OH is 2. The number of carbonyl (C=O) groups is 4. The number of carbonyl (C=O) groups excluding carboxylic acids is 4. The molecule has 7 N–H and O–H groups in total. The number of phenols is 1. The first-order chi connectivity index (χ1) is 19.3. The quantitative estimate of drug-likeness (QED) is 0.216. The molecule has 0 spiro atoms. The van der Waals surface area contributed by atoms with Gasteiger partial charge in [0, 0.05) is 17.9 Å². The molecule has 3 aliphatic rings. The first-order valence-corrected chi connectivity index (χ1v) is 14.2. The Morgan fingerprint density at radius 2 is 1.79 bits per heavy atom. The van der Waals surface area contributed by atoms with Crippen LogP contribution in [0.25, 0.3) is 5.76 Å². The van der Waals surface area contributed by atoms with E-state index in [0.29, 0.717) is 12.0 Å². The molecule has 11 nitrogen and oxygen atoms in total. The molecule has 1 aromatic carbocycles. The van der Waals surface area contributed by atoms with Crippen LogP contribution in [0.2, 0.25) is 0 Å². The van der Waals surface area contributed by atoms with Crippen LogP contribution in [0, 0.1) is 17.3 Å². The Labute approximate surface area is 245 Å². The van der Waals surface area contributed by atoms with Crippen molar-refractivity contribution in [3.8, 4) is 5.75 Å². The molecule has 1 fully saturated rings. The lowest BCUT2D eigenvalue weighted by Gasteiger charge is -2.50. The van der Waals surface area contributed by atoms with Gasteiger partial charge in [0.1, 0.15) is 22.8 Å². The van der Waals surface area contributed by atoms with Crippen LogP contribution < -0.4 is 11.1 Å². The van der Waals surface area contributed by atoms with Gasteiger partial charge >= 0.3 is 0 Å². The fraction of sp³-hybridized carbons (Fsp3) is 0.548. The van der Waals surface area contributed by atoms with E-state index < -0.39 is 63.8 Å². The molecule has 4 atom stereocenters. The SMILES string of the molecule is CC(C)c1cc(NC(=O)CCC(C)(C)C)c(O)c2c1C[C@H]1C[C@H]3[C@H](N(C)C)C(=O)C(C(N)=O)=C(O)[C@@]3(O)C(=O)C1=C2O. The van der Waals surface area contributed by atoms with E-state index in [0.717, 1.165) is 5.56 Å². The van der Waals surface area contributed by atoms with E-state index >= 15 is 0 Å². The van der Waals surface area contributed by atoms with Gasteiger partial charge in [0.2, 0.25) is 11.7 Å². The van der Waals surface area contributed by atoms with Crippen molar-refractivity contribution in [2.45, 2.75) is 77.9 Å². The highest BCUT2D eigenvalue weighted by molar-refractivity contribution is 6.24. The smallest absolute Gasteiger partial charge is 0.255 e. The predicted octanol–water partition coefficient (Wildman–Crippen LogP) is 2.85. The molecule has 0 radical (unpaired) electrons. The minimum atomic E-state index is -2.71. The predicted molar refractivity (Wildman–Crippen MR) is 156 cm³/mol. The summed E-state index contributed by atoms with van der Waals surface area (Å²) in [5.74, 6) is -7.53.